The van der Waals surface area contributed by atoms with Crippen LogP contribution in [0.25, 0.3) is 21.6 Å². The molecule has 4 aromatic rings. The third-order valence-electron chi connectivity index (χ3n) is 6.65. The predicted molar refractivity (Wildman–Crippen MR) is 145 cm³/mol. The van der Waals surface area contributed by atoms with Crippen LogP contribution in [0.2, 0.25) is 0 Å². The first kappa shape index (κ1) is 25.5. The van der Waals surface area contributed by atoms with Crippen LogP contribution >= 0.6 is 11.3 Å². The molecule has 0 saturated carbocycles. The summed E-state index contributed by atoms with van der Waals surface area (Å²) in [4.78, 5) is 25.5. The molecule has 0 bridgehead atoms. The van der Waals surface area contributed by atoms with Crippen LogP contribution in [0, 0.1) is 5.92 Å². The molecule has 0 aromatic carbocycles. The number of piperidine rings is 1. The zero-order chi connectivity index (χ0) is 26.0. The smallest absolute Gasteiger partial charge is 0.276 e. The van der Waals surface area contributed by atoms with E-state index in [0.717, 1.165) is 66.9 Å². The summed E-state index contributed by atoms with van der Waals surface area (Å²) in [5, 5.41) is 0.651. The Balaban J connectivity index is 1.21. The highest BCUT2D eigenvalue weighted by Gasteiger charge is 2.27. The maximum absolute atomic E-state index is 11.7. The van der Waals surface area contributed by atoms with Crippen LogP contribution in [-0.2, 0) is 16.3 Å². The van der Waals surface area contributed by atoms with Crippen LogP contribution in [0.3, 0.4) is 0 Å². The van der Waals surface area contributed by atoms with Crippen molar-refractivity contribution in [2.75, 3.05) is 24.2 Å². The summed E-state index contributed by atoms with van der Waals surface area (Å²) >= 11 is 1.42. The summed E-state index contributed by atoms with van der Waals surface area (Å²) in [5.41, 5.74) is 3.41. The van der Waals surface area contributed by atoms with E-state index >= 15 is 0 Å². The Morgan fingerprint density at radius 1 is 1.05 bits per heavy atom. The third kappa shape index (κ3) is 5.88. The van der Waals surface area contributed by atoms with Crippen LogP contribution in [0.1, 0.15) is 38.7 Å². The van der Waals surface area contributed by atoms with Crippen molar-refractivity contribution >= 4 is 37.5 Å². The van der Waals surface area contributed by atoms with E-state index in [4.69, 9.17) is 9.72 Å². The fourth-order valence-corrected chi connectivity index (χ4v) is 5.94. The molecule has 11 heteroatoms. The quantitative estimate of drug-likeness (QED) is 0.318. The highest BCUT2D eigenvalue weighted by Crippen LogP contribution is 2.32. The van der Waals surface area contributed by atoms with E-state index in [0.29, 0.717) is 16.8 Å². The number of hydrogen-bond donors (Lipinski definition) is 0. The molecule has 1 aliphatic heterocycles. The van der Waals surface area contributed by atoms with Gasteiger partial charge in [-0.05, 0) is 61.9 Å². The summed E-state index contributed by atoms with van der Waals surface area (Å²) in [6, 6.07) is 6.98. The number of thiazole rings is 1. The Labute approximate surface area is 220 Å². The Morgan fingerprint density at radius 3 is 2.46 bits per heavy atom. The van der Waals surface area contributed by atoms with Gasteiger partial charge in [-0.3, -0.25) is 0 Å². The average molecular weight is 539 g/mol. The van der Waals surface area contributed by atoms with Crippen LogP contribution < -0.4 is 9.64 Å². The number of anilines is 1. The van der Waals surface area contributed by atoms with Gasteiger partial charge < -0.3 is 9.64 Å². The minimum absolute atomic E-state index is 0.0303. The number of aromatic nitrogens is 5. The van der Waals surface area contributed by atoms with Gasteiger partial charge in [0.05, 0.1) is 5.69 Å². The Kier molecular flexibility index (Phi) is 7.34. The number of fused-ring (bicyclic) bond motifs is 1. The van der Waals surface area contributed by atoms with Gasteiger partial charge in [-0.1, -0.05) is 24.7 Å². The molecule has 1 aliphatic rings. The second-order valence-electron chi connectivity index (χ2n) is 9.45. The van der Waals surface area contributed by atoms with Crippen molar-refractivity contribution in [3.63, 3.8) is 0 Å². The van der Waals surface area contributed by atoms with E-state index in [1.54, 1.807) is 6.07 Å². The molecule has 5 rings (SSSR count). The van der Waals surface area contributed by atoms with E-state index in [1.807, 2.05) is 24.5 Å². The minimum Gasteiger partial charge on any atom is -0.467 e. The van der Waals surface area contributed by atoms with Crippen molar-refractivity contribution < 1.29 is 13.2 Å². The molecule has 9 nitrogen and oxygen atoms in total. The van der Waals surface area contributed by atoms with Crippen molar-refractivity contribution in [3.05, 3.63) is 48.4 Å². The van der Waals surface area contributed by atoms with E-state index < -0.39 is 9.84 Å². The van der Waals surface area contributed by atoms with Crippen LogP contribution in [0.15, 0.2) is 47.9 Å². The summed E-state index contributed by atoms with van der Waals surface area (Å²) < 4.78 is 29.6. The van der Waals surface area contributed by atoms with Gasteiger partial charge in [0.25, 0.3) is 5.19 Å². The van der Waals surface area contributed by atoms with E-state index in [9.17, 15) is 8.42 Å². The summed E-state index contributed by atoms with van der Waals surface area (Å²) in [7, 11) is -3.34. The molecular weight excluding hydrogens is 508 g/mol. The maximum Gasteiger partial charge on any atom is 0.276 e. The number of aryl methyl sites for hydroxylation is 1. The fraction of sp³-hybridized carbons (Fsp3) is 0.423. The fourth-order valence-electron chi connectivity index (χ4n) is 4.51. The van der Waals surface area contributed by atoms with Gasteiger partial charge in [-0.2, -0.15) is 0 Å². The topological polar surface area (TPSA) is 111 Å². The Hall–Kier alpha value is -3.18. The summed E-state index contributed by atoms with van der Waals surface area (Å²) in [5.74, 6) is 1.23. The highest BCUT2D eigenvalue weighted by atomic mass is 32.2. The molecule has 194 valence electrons. The van der Waals surface area contributed by atoms with Gasteiger partial charge in [-0.25, -0.2) is 33.3 Å². The zero-order valence-electron chi connectivity index (χ0n) is 21.2. The molecule has 5 heterocycles. The van der Waals surface area contributed by atoms with Crippen molar-refractivity contribution in [3.8, 4) is 16.5 Å². The molecule has 37 heavy (non-hydrogen) atoms. The van der Waals surface area contributed by atoms with E-state index in [1.165, 1.54) is 29.2 Å². The van der Waals surface area contributed by atoms with Crippen molar-refractivity contribution in [1.82, 2.24) is 24.9 Å². The van der Waals surface area contributed by atoms with Gasteiger partial charge in [-0.15, -0.1) is 0 Å². The maximum atomic E-state index is 11.7. The molecule has 0 N–H and O–H groups in total. The summed E-state index contributed by atoms with van der Waals surface area (Å²) in [6.07, 6.45) is 10.7. The molecule has 0 amide bonds. The number of pyridine rings is 2. The van der Waals surface area contributed by atoms with E-state index in [-0.39, 0.29) is 11.1 Å². The lowest BCUT2D eigenvalue weighted by Crippen LogP contribution is -2.39. The third-order valence-corrected chi connectivity index (χ3v) is 8.51. The number of nitrogens with zero attached hydrogens (tertiary/aromatic N) is 6. The first-order valence-corrected chi connectivity index (χ1v) is 15.2. The molecule has 1 unspecified atom stereocenters. The molecule has 0 aliphatic carbocycles. The SMILES string of the molecule is CCCc1cnc(N2CCC(C(C)Oc3nc4ccc(-c5ccc(S(C)(=O)=O)nc5)nc4s3)CC2)nc1. The van der Waals surface area contributed by atoms with Gasteiger partial charge >= 0.3 is 0 Å². The summed E-state index contributed by atoms with van der Waals surface area (Å²) in [6.45, 7) is 6.08. The molecule has 0 radical (unpaired) electrons. The molecule has 0 spiro atoms. The Morgan fingerprint density at radius 2 is 1.81 bits per heavy atom. The minimum atomic E-state index is -3.34. The molecule has 1 saturated heterocycles. The molecule has 4 aromatic heterocycles. The molecule has 1 fully saturated rings. The number of ether oxygens (including phenoxy) is 1. The lowest BCUT2D eigenvalue weighted by Gasteiger charge is -2.34. The lowest BCUT2D eigenvalue weighted by molar-refractivity contribution is 0.132. The standard InChI is InChI=1S/C26H30N6O3S2/c1-4-5-18-14-28-25(29-15-18)32-12-10-19(11-13-32)17(2)35-26-31-22-8-7-21(30-24(22)36-26)20-6-9-23(27-16-20)37(3,33)34/h6-9,14-17,19H,4-5,10-13H2,1-3H3. The van der Waals surface area contributed by atoms with Crippen LogP contribution in [-0.4, -0.2) is 58.8 Å². The monoisotopic (exact) mass is 538 g/mol. The van der Waals surface area contributed by atoms with Crippen molar-refractivity contribution in [2.45, 2.75) is 50.7 Å². The molecular formula is C26H30N6O3S2. The van der Waals surface area contributed by atoms with Crippen LogP contribution in [0.4, 0.5) is 5.95 Å². The average Bonchev–Trinajstić information content (AvgIpc) is 3.30. The van der Waals surface area contributed by atoms with Gasteiger partial charge in [0.2, 0.25) is 5.95 Å². The number of hydrogen-bond acceptors (Lipinski definition) is 10. The zero-order valence-corrected chi connectivity index (χ0v) is 22.8. The second-order valence-corrected chi connectivity index (χ2v) is 12.3. The highest BCUT2D eigenvalue weighted by molar-refractivity contribution is 7.90. The van der Waals surface area contributed by atoms with Crippen molar-refractivity contribution in [2.24, 2.45) is 5.92 Å². The Bertz CT molecular complexity index is 1460. The van der Waals surface area contributed by atoms with Crippen LogP contribution in [0.5, 0.6) is 5.19 Å². The van der Waals surface area contributed by atoms with Gasteiger partial charge in [0.1, 0.15) is 16.5 Å². The normalized spacial score (nSPS) is 15.7. The first-order chi connectivity index (χ1) is 17.8. The lowest BCUT2D eigenvalue weighted by atomic mass is 9.92. The van der Waals surface area contributed by atoms with Gasteiger partial charge in [0.15, 0.2) is 14.9 Å². The molecule has 1 atom stereocenters. The number of sulfone groups is 1. The largest absolute Gasteiger partial charge is 0.467 e. The predicted octanol–water partition coefficient (Wildman–Crippen LogP) is 4.58. The van der Waals surface area contributed by atoms with E-state index in [2.05, 4.69) is 38.7 Å². The second kappa shape index (κ2) is 10.7. The first-order valence-electron chi connectivity index (χ1n) is 12.5. The van der Waals surface area contributed by atoms with Gasteiger partial charge in [0, 0.05) is 43.5 Å². The van der Waals surface area contributed by atoms with Crippen molar-refractivity contribution in [1.29, 1.82) is 0 Å². The number of rotatable bonds is 8.